The Morgan fingerprint density at radius 2 is 2.00 bits per heavy atom. The molecule has 20 heavy (non-hydrogen) atoms. The van der Waals surface area contributed by atoms with Gasteiger partial charge < -0.3 is 9.84 Å². The molecule has 3 nitrogen and oxygen atoms in total. The number of hydrogen-bond acceptors (Lipinski definition) is 3. The van der Waals surface area contributed by atoms with Gasteiger partial charge in [-0.2, -0.15) is 0 Å². The van der Waals surface area contributed by atoms with E-state index in [1.807, 2.05) is 38.1 Å². The second-order valence-electron chi connectivity index (χ2n) is 4.79. The van der Waals surface area contributed by atoms with Crippen LogP contribution in [0.3, 0.4) is 0 Å². The van der Waals surface area contributed by atoms with Crippen LogP contribution in [0.4, 0.5) is 0 Å². The van der Waals surface area contributed by atoms with Crippen molar-refractivity contribution < 1.29 is 9.84 Å². The van der Waals surface area contributed by atoms with E-state index < -0.39 is 6.10 Å². The monoisotopic (exact) mass is 383 g/mol. The fourth-order valence-corrected chi connectivity index (χ4v) is 3.06. The van der Waals surface area contributed by atoms with E-state index in [2.05, 4.69) is 27.6 Å². The number of benzene rings is 1. The molecule has 1 unspecified atom stereocenters. The molecule has 4 heteroatoms. The maximum atomic E-state index is 10.4. The molecular formula is C16H18INO2. The normalized spacial score (nSPS) is 12.2. The smallest absolute Gasteiger partial charge is 0.128 e. The summed E-state index contributed by atoms with van der Waals surface area (Å²) in [6.07, 6.45) is 1.73. The fourth-order valence-electron chi connectivity index (χ4n) is 2.32. The highest BCUT2D eigenvalue weighted by Crippen LogP contribution is 2.28. The number of aryl methyl sites for hydroxylation is 1. The van der Waals surface area contributed by atoms with Gasteiger partial charge in [0, 0.05) is 33.0 Å². The molecule has 0 amide bonds. The molecule has 1 aromatic carbocycles. The Morgan fingerprint density at radius 1 is 1.30 bits per heavy atom. The highest BCUT2D eigenvalue weighted by molar-refractivity contribution is 14.1. The van der Waals surface area contributed by atoms with Crippen LogP contribution in [0.5, 0.6) is 5.75 Å². The summed E-state index contributed by atoms with van der Waals surface area (Å²) in [7, 11) is 1.66. The molecule has 2 rings (SSSR count). The van der Waals surface area contributed by atoms with Crippen molar-refractivity contribution in [3.05, 3.63) is 56.4 Å². The molecule has 0 saturated heterocycles. The second kappa shape index (κ2) is 6.54. The lowest BCUT2D eigenvalue weighted by Gasteiger charge is -2.16. The summed E-state index contributed by atoms with van der Waals surface area (Å²) in [6.45, 7) is 3.95. The van der Waals surface area contributed by atoms with Gasteiger partial charge in [-0.3, -0.25) is 4.98 Å². The highest BCUT2D eigenvalue weighted by Gasteiger charge is 2.16. The zero-order valence-electron chi connectivity index (χ0n) is 11.9. The highest BCUT2D eigenvalue weighted by atomic mass is 127. The minimum Gasteiger partial charge on any atom is -0.496 e. The zero-order chi connectivity index (χ0) is 14.7. The number of hydrogen-bond donors (Lipinski definition) is 1. The van der Waals surface area contributed by atoms with E-state index in [1.54, 1.807) is 13.3 Å². The van der Waals surface area contributed by atoms with Gasteiger partial charge in [0.25, 0.3) is 0 Å². The summed E-state index contributed by atoms with van der Waals surface area (Å²) in [6, 6.07) is 7.86. The molecule has 0 saturated carbocycles. The van der Waals surface area contributed by atoms with Crippen LogP contribution in [0, 0.1) is 17.4 Å². The number of halogens is 1. The van der Waals surface area contributed by atoms with Crippen molar-refractivity contribution in [1.82, 2.24) is 4.98 Å². The number of nitrogens with zero attached hydrogens (tertiary/aromatic N) is 1. The lowest BCUT2D eigenvalue weighted by Crippen LogP contribution is -2.08. The molecule has 0 aliphatic rings. The van der Waals surface area contributed by atoms with Crippen LogP contribution >= 0.6 is 22.6 Å². The van der Waals surface area contributed by atoms with E-state index >= 15 is 0 Å². The Balaban J connectivity index is 2.29. The minimum atomic E-state index is -0.554. The summed E-state index contributed by atoms with van der Waals surface area (Å²) in [5, 5.41) is 10.4. The number of methoxy groups -OCH3 is 1. The molecule has 1 N–H and O–H groups in total. The van der Waals surface area contributed by atoms with Crippen molar-refractivity contribution in [3.8, 4) is 5.75 Å². The predicted molar refractivity (Wildman–Crippen MR) is 88.1 cm³/mol. The van der Waals surface area contributed by atoms with Gasteiger partial charge in [0.1, 0.15) is 5.75 Å². The maximum Gasteiger partial charge on any atom is 0.128 e. The third kappa shape index (κ3) is 3.12. The van der Waals surface area contributed by atoms with Crippen LogP contribution in [-0.4, -0.2) is 17.2 Å². The Bertz CT molecular complexity index is 613. The Kier molecular flexibility index (Phi) is 4.99. The summed E-state index contributed by atoms with van der Waals surface area (Å²) >= 11 is 2.24. The maximum absolute atomic E-state index is 10.4. The van der Waals surface area contributed by atoms with Crippen LogP contribution in [0.25, 0.3) is 0 Å². The van der Waals surface area contributed by atoms with Crippen LogP contribution < -0.4 is 4.74 Å². The lowest BCUT2D eigenvalue weighted by atomic mass is 10.0. The topological polar surface area (TPSA) is 42.4 Å². The number of rotatable bonds is 4. The Labute approximate surface area is 133 Å². The summed E-state index contributed by atoms with van der Waals surface area (Å²) in [5.41, 5.74) is 3.82. The molecule has 1 atom stereocenters. The standard InChI is InChI=1S/C16H18INO2/c1-10-9-18-14(11(2)16(10)20-3)8-15(19)12-6-4-5-7-13(12)17/h4-7,9,15,19H,8H2,1-3H3. The predicted octanol–water partition coefficient (Wildman–Crippen LogP) is 3.59. The van der Waals surface area contributed by atoms with Gasteiger partial charge in [0.2, 0.25) is 0 Å². The first-order valence-corrected chi connectivity index (χ1v) is 7.54. The third-order valence-electron chi connectivity index (χ3n) is 3.40. The number of aromatic nitrogens is 1. The molecule has 1 heterocycles. The molecule has 0 radical (unpaired) electrons. The van der Waals surface area contributed by atoms with Crippen molar-refractivity contribution in [2.75, 3.05) is 7.11 Å². The van der Waals surface area contributed by atoms with E-state index in [4.69, 9.17) is 4.74 Å². The van der Waals surface area contributed by atoms with E-state index in [0.29, 0.717) is 6.42 Å². The number of aliphatic hydroxyl groups excluding tert-OH is 1. The minimum absolute atomic E-state index is 0.489. The quantitative estimate of drug-likeness (QED) is 0.821. The van der Waals surface area contributed by atoms with E-state index in [0.717, 1.165) is 31.7 Å². The van der Waals surface area contributed by atoms with Gasteiger partial charge in [-0.25, -0.2) is 0 Å². The Morgan fingerprint density at radius 3 is 2.65 bits per heavy atom. The van der Waals surface area contributed by atoms with Gasteiger partial charge in [-0.15, -0.1) is 0 Å². The van der Waals surface area contributed by atoms with Gasteiger partial charge in [-0.05, 0) is 48.1 Å². The number of ether oxygens (including phenoxy) is 1. The molecule has 0 bridgehead atoms. The van der Waals surface area contributed by atoms with Crippen LogP contribution in [0.2, 0.25) is 0 Å². The molecule has 0 aliphatic carbocycles. The summed E-state index contributed by atoms with van der Waals surface area (Å²) in [5.74, 6) is 0.852. The van der Waals surface area contributed by atoms with Crippen molar-refractivity contribution in [2.45, 2.75) is 26.4 Å². The lowest BCUT2D eigenvalue weighted by molar-refractivity contribution is 0.176. The van der Waals surface area contributed by atoms with E-state index in [-0.39, 0.29) is 0 Å². The first kappa shape index (κ1) is 15.3. The fraction of sp³-hybridized carbons (Fsp3) is 0.312. The average molecular weight is 383 g/mol. The molecule has 0 spiro atoms. The van der Waals surface area contributed by atoms with Gasteiger partial charge in [0.15, 0.2) is 0 Å². The van der Waals surface area contributed by atoms with Gasteiger partial charge in [0.05, 0.1) is 13.2 Å². The van der Waals surface area contributed by atoms with E-state index in [9.17, 15) is 5.11 Å². The van der Waals surface area contributed by atoms with Crippen molar-refractivity contribution in [1.29, 1.82) is 0 Å². The number of pyridine rings is 1. The largest absolute Gasteiger partial charge is 0.496 e. The van der Waals surface area contributed by atoms with Gasteiger partial charge >= 0.3 is 0 Å². The van der Waals surface area contributed by atoms with E-state index in [1.165, 1.54) is 0 Å². The van der Waals surface area contributed by atoms with Crippen molar-refractivity contribution in [2.24, 2.45) is 0 Å². The van der Waals surface area contributed by atoms with Crippen LogP contribution in [-0.2, 0) is 6.42 Å². The molecular weight excluding hydrogens is 365 g/mol. The second-order valence-corrected chi connectivity index (χ2v) is 5.95. The van der Waals surface area contributed by atoms with Crippen molar-refractivity contribution in [3.63, 3.8) is 0 Å². The van der Waals surface area contributed by atoms with Gasteiger partial charge in [-0.1, -0.05) is 18.2 Å². The summed E-state index contributed by atoms with van der Waals surface area (Å²) in [4.78, 5) is 4.44. The van der Waals surface area contributed by atoms with Crippen LogP contribution in [0.1, 0.15) is 28.5 Å². The first-order chi connectivity index (χ1) is 9.54. The SMILES string of the molecule is COc1c(C)cnc(CC(O)c2ccccc2I)c1C. The Hall–Kier alpha value is -1.14. The molecule has 0 fully saturated rings. The number of aliphatic hydroxyl groups is 1. The zero-order valence-corrected chi connectivity index (χ0v) is 14.0. The average Bonchev–Trinajstić information content (AvgIpc) is 2.43. The molecule has 106 valence electrons. The third-order valence-corrected chi connectivity index (χ3v) is 4.38. The molecule has 0 aliphatic heterocycles. The van der Waals surface area contributed by atoms with Crippen molar-refractivity contribution >= 4 is 22.6 Å². The summed E-state index contributed by atoms with van der Waals surface area (Å²) < 4.78 is 6.47. The van der Waals surface area contributed by atoms with Crippen LogP contribution in [0.15, 0.2) is 30.5 Å². The molecule has 1 aromatic heterocycles. The first-order valence-electron chi connectivity index (χ1n) is 6.46. The molecule has 2 aromatic rings.